The molecule has 2 N–H and O–H groups in total. The molecule has 0 aromatic heterocycles. The highest BCUT2D eigenvalue weighted by Gasteiger charge is 2.56. The molecule has 2 aliphatic heterocycles. The minimum absolute atomic E-state index is 0.0632. The van der Waals surface area contributed by atoms with Gasteiger partial charge in [-0.3, -0.25) is 9.69 Å². The van der Waals surface area contributed by atoms with E-state index in [4.69, 9.17) is 10.5 Å². The van der Waals surface area contributed by atoms with Crippen molar-refractivity contribution in [3.05, 3.63) is 83.4 Å². The number of alkyl halides is 2. The number of fused-ring (bicyclic) bond motifs is 2. The van der Waals surface area contributed by atoms with Gasteiger partial charge in [-0.25, -0.2) is 4.99 Å². The molecule has 1 spiro atoms. The van der Waals surface area contributed by atoms with Gasteiger partial charge in [0.1, 0.15) is 17.1 Å². The van der Waals surface area contributed by atoms with E-state index in [2.05, 4.69) is 15.8 Å². The fourth-order valence-electron chi connectivity index (χ4n) is 5.14. The Morgan fingerprint density at radius 3 is 2.54 bits per heavy atom. The van der Waals surface area contributed by atoms with Crippen molar-refractivity contribution >= 4 is 11.9 Å². The number of hydrogen-bond donors (Lipinski definition) is 1. The van der Waals surface area contributed by atoms with E-state index < -0.39 is 17.8 Å². The zero-order chi connectivity index (χ0) is 26.4. The van der Waals surface area contributed by atoms with Crippen molar-refractivity contribution in [1.29, 1.82) is 5.26 Å². The van der Waals surface area contributed by atoms with Gasteiger partial charge < -0.3 is 15.2 Å². The number of ether oxygens (including phenoxy) is 2. The number of carbonyl (C=O) groups excluding carboxylic acids is 1. The number of likely N-dealkylation sites (N-methyl/N-ethyl adjacent to an activating group) is 1. The standard InChI is InChI=1S/C28H24F2N4O3/c1-27(14-17-6-9-21(10-7-17)36-25(29)30)16-28(24(35)34(2)26(32)33-28)22-13-20(8-11-23(22)37-27)19-5-3-4-18(12-19)15-31/h3-13,25H,14,16H2,1-2H3,(H2,32,33)/t27-,28-/m1/s1. The number of carbonyl (C=O) groups is 1. The quantitative estimate of drug-likeness (QED) is 0.550. The Morgan fingerprint density at radius 2 is 1.89 bits per heavy atom. The largest absolute Gasteiger partial charge is 0.487 e. The average molecular weight is 503 g/mol. The van der Waals surface area contributed by atoms with Crippen LogP contribution in [0.2, 0.25) is 0 Å². The second kappa shape index (κ2) is 8.89. The highest BCUT2D eigenvalue weighted by molar-refractivity contribution is 6.07. The van der Waals surface area contributed by atoms with Crippen LogP contribution in [0.15, 0.2) is 71.7 Å². The second-order valence-electron chi connectivity index (χ2n) is 9.53. The number of amides is 1. The van der Waals surface area contributed by atoms with Crippen LogP contribution < -0.4 is 15.2 Å². The molecule has 37 heavy (non-hydrogen) atoms. The van der Waals surface area contributed by atoms with Gasteiger partial charge in [0.2, 0.25) is 0 Å². The summed E-state index contributed by atoms with van der Waals surface area (Å²) in [6, 6.07) is 21.2. The molecule has 3 aromatic carbocycles. The number of guanidine groups is 1. The third-order valence-corrected chi connectivity index (χ3v) is 6.77. The summed E-state index contributed by atoms with van der Waals surface area (Å²) < 4.78 is 36.0. The number of benzene rings is 3. The molecule has 188 valence electrons. The van der Waals surface area contributed by atoms with Gasteiger partial charge in [0.15, 0.2) is 11.5 Å². The van der Waals surface area contributed by atoms with Gasteiger partial charge in [0, 0.05) is 25.5 Å². The summed E-state index contributed by atoms with van der Waals surface area (Å²) in [4.78, 5) is 19.6. The lowest BCUT2D eigenvalue weighted by molar-refractivity contribution is -0.133. The van der Waals surface area contributed by atoms with E-state index in [1.165, 1.54) is 17.0 Å². The van der Waals surface area contributed by atoms with E-state index in [1.54, 1.807) is 43.4 Å². The van der Waals surface area contributed by atoms with E-state index in [9.17, 15) is 18.8 Å². The maximum absolute atomic E-state index is 13.6. The average Bonchev–Trinajstić information content (AvgIpc) is 3.08. The number of nitrogens with two attached hydrogens (primary N) is 1. The highest BCUT2D eigenvalue weighted by Crippen LogP contribution is 2.50. The molecule has 1 amide bonds. The SMILES string of the molecule is CN1C(=O)[C@]2(C[C@@](C)(Cc3ccc(OC(F)F)cc3)Oc3ccc(-c4cccc(C#N)c4)cc32)N=C1N. The first-order valence-corrected chi connectivity index (χ1v) is 11.6. The predicted octanol–water partition coefficient (Wildman–Crippen LogP) is 4.59. The Bertz CT molecular complexity index is 1450. The molecule has 9 heteroatoms. The van der Waals surface area contributed by atoms with Gasteiger partial charge in [-0.1, -0.05) is 30.3 Å². The Morgan fingerprint density at radius 1 is 1.16 bits per heavy atom. The molecular weight excluding hydrogens is 478 g/mol. The molecule has 0 saturated heterocycles. The summed E-state index contributed by atoms with van der Waals surface area (Å²) in [6.45, 7) is -1.01. The summed E-state index contributed by atoms with van der Waals surface area (Å²) in [6.07, 6.45) is 0.607. The predicted molar refractivity (Wildman–Crippen MR) is 133 cm³/mol. The van der Waals surface area contributed by atoms with Crippen molar-refractivity contribution in [2.75, 3.05) is 7.05 Å². The van der Waals surface area contributed by atoms with Crippen LogP contribution in [0.4, 0.5) is 8.78 Å². The molecule has 2 atom stereocenters. The highest BCUT2D eigenvalue weighted by atomic mass is 19.3. The third kappa shape index (κ3) is 4.35. The normalized spacial score (nSPS) is 22.4. The van der Waals surface area contributed by atoms with Gasteiger partial charge >= 0.3 is 6.61 Å². The monoisotopic (exact) mass is 502 g/mol. The fraction of sp³-hybridized carbons (Fsp3) is 0.250. The summed E-state index contributed by atoms with van der Waals surface area (Å²) >= 11 is 0. The molecule has 2 aliphatic rings. The molecule has 0 bridgehead atoms. The first-order chi connectivity index (χ1) is 17.6. The Kier molecular flexibility index (Phi) is 5.83. The van der Waals surface area contributed by atoms with Gasteiger partial charge in [0.25, 0.3) is 5.91 Å². The Balaban J connectivity index is 1.55. The Hall–Kier alpha value is -4.45. The van der Waals surface area contributed by atoms with E-state index in [0.29, 0.717) is 23.3 Å². The summed E-state index contributed by atoms with van der Waals surface area (Å²) in [5, 5.41) is 9.30. The van der Waals surface area contributed by atoms with Crippen LogP contribution in [0.5, 0.6) is 11.5 Å². The lowest BCUT2D eigenvalue weighted by Crippen LogP contribution is -2.51. The first kappa shape index (κ1) is 24.3. The molecule has 3 aromatic rings. The Labute approximate surface area is 212 Å². The number of nitrogens with zero attached hydrogens (tertiary/aromatic N) is 3. The molecule has 7 nitrogen and oxygen atoms in total. The fourth-order valence-corrected chi connectivity index (χ4v) is 5.14. The number of hydrogen-bond acceptors (Lipinski definition) is 6. The maximum Gasteiger partial charge on any atom is 0.387 e. The third-order valence-electron chi connectivity index (χ3n) is 6.77. The molecule has 2 heterocycles. The van der Waals surface area contributed by atoms with Crippen molar-refractivity contribution in [3.63, 3.8) is 0 Å². The number of aliphatic imine (C=N–C) groups is 1. The van der Waals surface area contributed by atoms with Crippen LogP contribution in [0.1, 0.15) is 30.0 Å². The van der Waals surface area contributed by atoms with Gasteiger partial charge in [-0.2, -0.15) is 14.0 Å². The van der Waals surface area contributed by atoms with Gasteiger partial charge in [-0.05, 0) is 60.0 Å². The van der Waals surface area contributed by atoms with E-state index in [0.717, 1.165) is 16.7 Å². The minimum atomic E-state index is -2.90. The minimum Gasteiger partial charge on any atom is -0.487 e. The molecule has 0 unspecified atom stereocenters. The van der Waals surface area contributed by atoms with Crippen molar-refractivity contribution in [3.8, 4) is 28.7 Å². The van der Waals surface area contributed by atoms with Crippen molar-refractivity contribution in [2.24, 2.45) is 10.7 Å². The molecule has 5 rings (SSSR count). The second-order valence-corrected chi connectivity index (χ2v) is 9.53. The first-order valence-electron chi connectivity index (χ1n) is 11.6. The molecule has 0 fully saturated rings. The smallest absolute Gasteiger partial charge is 0.387 e. The molecule has 0 saturated carbocycles. The number of nitriles is 1. The van der Waals surface area contributed by atoms with Gasteiger partial charge in [0.05, 0.1) is 11.6 Å². The summed E-state index contributed by atoms with van der Waals surface area (Å²) in [5.74, 6) is 0.426. The molecule has 0 radical (unpaired) electrons. The van der Waals surface area contributed by atoms with Crippen molar-refractivity contribution in [2.45, 2.75) is 37.5 Å². The molecular formula is C28H24F2N4O3. The van der Waals surface area contributed by atoms with Crippen LogP contribution >= 0.6 is 0 Å². The van der Waals surface area contributed by atoms with Crippen LogP contribution in [0.3, 0.4) is 0 Å². The molecule has 0 aliphatic carbocycles. The zero-order valence-electron chi connectivity index (χ0n) is 20.2. The lowest BCUT2D eigenvalue weighted by Gasteiger charge is -2.43. The van der Waals surface area contributed by atoms with Crippen LogP contribution in [-0.4, -0.2) is 36.0 Å². The van der Waals surface area contributed by atoms with Crippen molar-refractivity contribution in [1.82, 2.24) is 4.90 Å². The van der Waals surface area contributed by atoms with E-state index in [-0.39, 0.29) is 24.0 Å². The number of halogens is 2. The zero-order valence-corrected chi connectivity index (χ0v) is 20.2. The summed E-state index contributed by atoms with van der Waals surface area (Å²) in [7, 11) is 1.59. The van der Waals surface area contributed by atoms with E-state index >= 15 is 0 Å². The van der Waals surface area contributed by atoms with Crippen LogP contribution in [0, 0.1) is 11.3 Å². The maximum atomic E-state index is 13.6. The van der Waals surface area contributed by atoms with E-state index in [1.807, 2.05) is 25.1 Å². The lowest BCUT2D eigenvalue weighted by atomic mass is 9.74. The topological polar surface area (TPSA) is 101 Å². The number of rotatable bonds is 5. The van der Waals surface area contributed by atoms with Crippen molar-refractivity contribution < 1.29 is 23.0 Å². The van der Waals surface area contributed by atoms with Gasteiger partial charge in [-0.15, -0.1) is 0 Å². The van der Waals surface area contributed by atoms with Crippen LogP contribution in [-0.2, 0) is 16.8 Å². The van der Waals surface area contributed by atoms with Crippen LogP contribution in [0.25, 0.3) is 11.1 Å². The summed E-state index contributed by atoms with van der Waals surface area (Å²) in [5.41, 5.74) is 7.56.